The van der Waals surface area contributed by atoms with Gasteiger partial charge < -0.3 is 5.73 Å². The Kier molecular flexibility index (Phi) is 4.42. The number of rotatable bonds is 4. The Morgan fingerprint density at radius 1 is 1.20 bits per heavy atom. The van der Waals surface area contributed by atoms with Gasteiger partial charge in [0.2, 0.25) is 0 Å². The van der Waals surface area contributed by atoms with E-state index < -0.39 is 15.8 Å². The summed E-state index contributed by atoms with van der Waals surface area (Å²) in [6.45, 7) is 0.202. The normalized spacial score (nSPS) is 11.3. The van der Waals surface area contributed by atoms with Gasteiger partial charge in [-0.05, 0) is 45.8 Å². The number of benzene rings is 2. The number of nitrogens with one attached hydrogen (secondary N) is 1. The van der Waals surface area contributed by atoms with Crippen molar-refractivity contribution in [3.8, 4) is 0 Å². The van der Waals surface area contributed by atoms with Gasteiger partial charge in [-0.25, -0.2) is 12.8 Å². The number of hydrogen-bond donors (Lipinski definition) is 2. The van der Waals surface area contributed by atoms with Crippen molar-refractivity contribution in [2.75, 3.05) is 4.72 Å². The molecule has 0 amide bonds. The molecular weight excluding hydrogens is 347 g/mol. The average Bonchev–Trinajstić information content (AvgIpc) is 2.42. The van der Waals surface area contributed by atoms with Gasteiger partial charge in [0.15, 0.2) is 0 Å². The number of sulfonamides is 1. The molecule has 20 heavy (non-hydrogen) atoms. The molecular formula is C13H12BrFN2O2S. The van der Waals surface area contributed by atoms with Crippen LogP contribution in [0.3, 0.4) is 0 Å². The van der Waals surface area contributed by atoms with Gasteiger partial charge in [-0.15, -0.1) is 0 Å². The van der Waals surface area contributed by atoms with Gasteiger partial charge in [0.05, 0.1) is 15.1 Å². The number of halogens is 2. The maximum Gasteiger partial charge on any atom is 0.262 e. The predicted octanol–water partition coefficient (Wildman–Crippen LogP) is 2.85. The summed E-state index contributed by atoms with van der Waals surface area (Å²) in [5, 5.41) is 0. The van der Waals surface area contributed by atoms with E-state index in [4.69, 9.17) is 5.73 Å². The van der Waals surface area contributed by atoms with Crippen LogP contribution in [0.2, 0.25) is 0 Å². The zero-order chi connectivity index (χ0) is 14.8. The third-order valence-corrected chi connectivity index (χ3v) is 4.69. The molecule has 0 atom stereocenters. The topological polar surface area (TPSA) is 72.2 Å². The number of para-hydroxylation sites is 1. The highest BCUT2D eigenvalue weighted by Gasteiger charge is 2.17. The van der Waals surface area contributed by atoms with Gasteiger partial charge >= 0.3 is 0 Å². The molecule has 0 fully saturated rings. The van der Waals surface area contributed by atoms with Crippen LogP contribution in [0.1, 0.15) is 5.56 Å². The van der Waals surface area contributed by atoms with Crippen molar-refractivity contribution in [2.24, 2.45) is 5.73 Å². The van der Waals surface area contributed by atoms with Crippen molar-refractivity contribution in [1.82, 2.24) is 0 Å². The second kappa shape index (κ2) is 5.90. The second-order valence-corrected chi connectivity index (χ2v) is 6.58. The molecule has 0 heterocycles. The molecule has 0 saturated carbocycles. The molecule has 2 aromatic rings. The molecule has 2 rings (SSSR count). The number of anilines is 1. The minimum Gasteiger partial charge on any atom is -0.326 e. The SMILES string of the molecule is NCc1ccccc1NS(=O)(=O)c1ccc(Br)c(F)c1. The van der Waals surface area contributed by atoms with Crippen LogP contribution < -0.4 is 10.5 Å². The van der Waals surface area contributed by atoms with Crippen LogP contribution in [-0.2, 0) is 16.6 Å². The van der Waals surface area contributed by atoms with Crippen LogP contribution in [0.15, 0.2) is 51.8 Å². The molecule has 0 aliphatic rings. The zero-order valence-corrected chi connectivity index (χ0v) is 12.7. The van der Waals surface area contributed by atoms with E-state index in [1.165, 1.54) is 12.1 Å². The van der Waals surface area contributed by atoms with Crippen LogP contribution in [0, 0.1) is 5.82 Å². The maximum absolute atomic E-state index is 13.4. The summed E-state index contributed by atoms with van der Waals surface area (Å²) in [5.41, 5.74) is 6.60. The Bertz CT molecular complexity index is 735. The van der Waals surface area contributed by atoms with Gasteiger partial charge in [0, 0.05) is 6.54 Å². The monoisotopic (exact) mass is 358 g/mol. The largest absolute Gasteiger partial charge is 0.326 e. The van der Waals surface area contributed by atoms with Crippen molar-refractivity contribution in [3.05, 3.63) is 58.3 Å². The summed E-state index contributed by atoms with van der Waals surface area (Å²) >= 11 is 2.98. The third-order valence-electron chi connectivity index (χ3n) is 2.68. The van der Waals surface area contributed by atoms with Crippen molar-refractivity contribution in [1.29, 1.82) is 0 Å². The van der Waals surface area contributed by atoms with E-state index in [9.17, 15) is 12.8 Å². The van der Waals surface area contributed by atoms with Gasteiger partial charge in [-0.3, -0.25) is 4.72 Å². The standard InChI is InChI=1S/C13H12BrFN2O2S/c14-11-6-5-10(7-12(11)15)20(18,19)17-13-4-2-1-3-9(13)8-16/h1-7,17H,8,16H2. The summed E-state index contributed by atoms with van der Waals surface area (Å²) in [7, 11) is -3.85. The third kappa shape index (κ3) is 3.17. The summed E-state index contributed by atoms with van der Waals surface area (Å²) in [6, 6.07) is 10.4. The first-order chi connectivity index (χ1) is 9.44. The quantitative estimate of drug-likeness (QED) is 0.882. The highest BCUT2D eigenvalue weighted by Crippen LogP contribution is 2.23. The zero-order valence-electron chi connectivity index (χ0n) is 10.3. The highest BCUT2D eigenvalue weighted by molar-refractivity contribution is 9.10. The van der Waals surface area contributed by atoms with Gasteiger partial charge in [0.1, 0.15) is 5.82 Å². The molecule has 0 spiro atoms. The molecule has 0 aliphatic heterocycles. The Balaban J connectivity index is 2.38. The smallest absolute Gasteiger partial charge is 0.262 e. The fourth-order valence-electron chi connectivity index (χ4n) is 1.65. The van der Waals surface area contributed by atoms with E-state index in [-0.39, 0.29) is 15.9 Å². The minimum absolute atomic E-state index is 0.148. The lowest BCUT2D eigenvalue weighted by Gasteiger charge is -2.11. The molecule has 0 saturated heterocycles. The first-order valence-corrected chi connectivity index (χ1v) is 7.97. The fraction of sp³-hybridized carbons (Fsp3) is 0.0769. The van der Waals surface area contributed by atoms with Crippen LogP contribution >= 0.6 is 15.9 Å². The summed E-state index contributed by atoms with van der Waals surface area (Å²) in [4.78, 5) is -0.148. The van der Waals surface area contributed by atoms with Crippen molar-refractivity contribution < 1.29 is 12.8 Å². The van der Waals surface area contributed by atoms with E-state index in [0.29, 0.717) is 11.3 Å². The van der Waals surface area contributed by atoms with Crippen LogP contribution in [0.25, 0.3) is 0 Å². The van der Waals surface area contributed by atoms with Gasteiger partial charge in [0.25, 0.3) is 10.0 Å². The Hall–Kier alpha value is -1.44. The lowest BCUT2D eigenvalue weighted by atomic mass is 10.2. The van der Waals surface area contributed by atoms with Crippen molar-refractivity contribution in [3.63, 3.8) is 0 Å². The number of nitrogens with two attached hydrogens (primary N) is 1. The van der Waals surface area contributed by atoms with Crippen molar-refractivity contribution in [2.45, 2.75) is 11.4 Å². The first kappa shape index (κ1) is 15.0. The predicted molar refractivity (Wildman–Crippen MR) is 79.2 cm³/mol. The summed E-state index contributed by atoms with van der Waals surface area (Å²) < 4.78 is 40.5. The lowest BCUT2D eigenvalue weighted by molar-refractivity contribution is 0.593. The Labute approximate surface area is 125 Å². The van der Waals surface area contributed by atoms with E-state index in [0.717, 1.165) is 6.07 Å². The molecule has 0 aliphatic carbocycles. The lowest BCUT2D eigenvalue weighted by Crippen LogP contribution is -2.15. The van der Waals surface area contributed by atoms with E-state index in [1.807, 2.05) is 0 Å². The minimum atomic E-state index is -3.85. The Morgan fingerprint density at radius 2 is 1.90 bits per heavy atom. The molecule has 0 radical (unpaired) electrons. The molecule has 106 valence electrons. The van der Waals surface area contributed by atoms with Crippen LogP contribution in [-0.4, -0.2) is 8.42 Å². The van der Waals surface area contributed by atoms with E-state index >= 15 is 0 Å². The first-order valence-electron chi connectivity index (χ1n) is 5.70. The molecule has 7 heteroatoms. The summed E-state index contributed by atoms with van der Waals surface area (Å²) in [5.74, 6) is -0.639. The maximum atomic E-state index is 13.4. The molecule has 0 bridgehead atoms. The second-order valence-electron chi connectivity index (χ2n) is 4.04. The van der Waals surface area contributed by atoms with Crippen LogP contribution in [0.4, 0.5) is 10.1 Å². The molecule has 4 nitrogen and oxygen atoms in total. The van der Waals surface area contributed by atoms with Crippen LogP contribution in [0.5, 0.6) is 0 Å². The van der Waals surface area contributed by atoms with Crippen molar-refractivity contribution >= 4 is 31.6 Å². The Morgan fingerprint density at radius 3 is 2.55 bits per heavy atom. The molecule has 0 aromatic heterocycles. The molecule has 3 N–H and O–H groups in total. The average molecular weight is 359 g/mol. The van der Waals surface area contributed by atoms with Gasteiger partial charge in [-0.2, -0.15) is 0 Å². The van der Waals surface area contributed by atoms with E-state index in [2.05, 4.69) is 20.7 Å². The van der Waals surface area contributed by atoms with E-state index in [1.54, 1.807) is 24.3 Å². The highest BCUT2D eigenvalue weighted by atomic mass is 79.9. The molecule has 0 unspecified atom stereocenters. The number of hydrogen-bond acceptors (Lipinski definition) is 3. The van der Waals surface area contributed by atoms with Gasteiger partial charge in [-0.1, -0.05) is 18.2 Å². The summed E-state index contributed by atoms with van der Waals surface area (Å²) in [6.07, 6.45) is 0. The fourth-order valence-corrected chi connectivity index (χ4v) is 3.00. The molecule has 2 aromatic carbocycles.